The van der Waals surface area contributed by atoms with Crippen molar-refractivity contribution < 1.29 is 0 Å². The zero-order valence-corrected chi connectivity index (χ0v) is 21.6. The van der Waals surface area contributed by atoms with E-state index in [1.54, 1.807) is 0 Å². The van der Waals surface area contributed by atoms with Crippen LogP contribution in [0.15, 0.2) is 109 Å². The first-order valence-corrected chi connectivity index (χ1v) is 15.3. The summed E-state index contributed by atoms with van der Waals surface area (Å²) >= 11 is 0. The van der Waals surface area contributed by atoms with E-state index in [1.807, 2.05) is 0 Å². The molecule has 0 atom stereocenters. The summed E-state index contributed by atoms with van der Waals surface area (Å²) in [5, 5.41) is 3.07. The van der Waals surface area contributed by atoms with E-state index in [9.17, 15) is 0 Å². The van der Waals surface area contributed by atoms with Crippen LogP contribution in [0, 0.1) is 6.92 Å². The van der Waals surface area contributed by atoms with E-state index in [1.165, 1.54) is 54.9 Å². The third-order valence-electron chi connectivity index (χ3n) is 7.12. The summed E-state index contributed by atoms with van der Waals surface area (Å²) < 4.78 is 0. The fourth-order valence-corrected chi connectivity index (χ4v) is 9.24. The Morgan fingerprint density at radius 3 is 1.32 bits per heavy atom. The highest BCUT2D eigenvalue weighted by atomic mass is 28.3. The predicted molar refractivity (Wildman–Crippen MR) is 151 cm³/mol. The van der Waals surface area contributed by atoms with Crippen molar-refractivity contribution in [3.05, 3.63) is 143 Å². The van der Waals surface area contributed by atoms with Crippen molar-refractivity contribution in [3.63, 3.8) is 0 Å². The molecule has 0 nitrogen and oxygen atoms in total. The summed E-state index contributed by atoms with van der Waals surface area (Å²) in [5.41, 5.74) is 10.8. The predicted octanol–water partition coefficient (Wildman–Crippen LogP) is 8.88. The highest BCUT2D eigenvalue weighted by molar-refractivity contribution is 7.13. The van der Waals surface area contributed by atoms with Gasteiger partial charge in [-0.25, -0.2) is 0 Å². The largest absolute Gasteiger partial charge is 0.115 e. The zero-order valence-electron chi connectivity index (χ0n) is 20.6. The van der Waals surface area contributed by atoms with Crippen molar-refractivity contribution in [2.45, 2.75) is 33.4 Å². The molecule has 168 valence electrons. The molecule has 4 aromatic carbocycles. The van der Waals surface area contributed by atoms with Crippen LogP contribution in [0.4, 0.5) is 0 Å². The Morgan fingerprint density at radius 2 is 0.912 bits per heavy atom. The average Bonchev–Trinajstić information content (AvgIpc) is 3.13. The average molecular weight is 457 g/mol. The van der Waals surface area contributed by atoms with E-state index in [-0.39, 0.29) is 0 Å². The SMILES string of the molecule is CCc1ccc(C2=C(c3ccccc3)C(c3ccccc3)=C(c3ccc(C)cc3)[Si]2(C)C)cc1. The van der Waals surface area contributed by atoms with Crippen LogP contribution < -0.4 is 0 Å². The standard InChI is InChI=1S/C33H32Si/c1-5-25-18-22-29(23-19-25)33-31(27-14-10-7-11-15-27)30(26-12-8-6-9-13-26)32(34(33,3)4)28-20-16-24(2)17-21-28/h6-23H,5H2,1-4H3. The Labute approximate surface area is 205 Å². The maximum absolute atomic E-state index is 2.53. The molecule has 0 radical (unpaired) electrons. The van der Waals surface area contributed by atoms with E-state index in [0.717, 1.165) is 6.42 Å². The van der Waals surface area contributed by atoms with Gasteiger partial charge in [-0.05, 0) is 62.7 Å². The minimum absolute atomic E-state index is 1.06. The summed E-state index contributed by atoms with van der Waals surface area (Å²) in [6, 6.07) is 40.5. The Kier molecular flexibility index (Phi) is 5.97. The summed E-state index contributed by atoms with van der Waals surface area (Å²) in [5.74, 6) is 0. The van der Waals surface area contributed by atoms with Gasteiger partial charge in [0.1, 0.15) is 8.07 Å². The third-order valence-corrected chi connectivity index (χ3v) is 10.7. The van der Waals surface area contributed by atoms with Gasteiger partial charge < -0.3 is 0 Å². The van der Waals surface area contributed by atoms with E-state index in [2.05, 4.69) is 136 Å². The summed E-state index contributed by atoms with van der Waals surface area (Å²) in [6.07, 6.45) is 1.06. The highest BCUT2D eigenvalue weighted by Crippen LogP contribution is 2.55. The molecule has 0 bridgehead atoms. The molecule has 0 N–H and O–H groups in total. The fourth-order valence-electron chi connectivity index (χ4n) is 5.42. The molecule has 0 aromatic heterocycles. The van der Waals surface area contributed by atoms with Gasteiger partial charge >= 0.3 is 0 Å². The molecule has 1 aliphatic heterocycles. The van der Waals surface area contributed by atoms with Gasteiger partial charge in [-0.15, -0.1) is 0 Å². The number of hydrogen-bond donors (Lipinski definition) is 0. The van der Waals surface area contributed by atoms with Crippen LogP contribution in [0.1, 0.15) is 40.3 Å². The summed E-state index contributed by atoms with van der Waals surface area (Å²) in [6.45, 7) is 9.46. The Balaban J connectivity index is 1.88. The van der Waals surface area contributed by atoms with Gasteiger partial charge in [0.2, 0.25) is 0 Å². The van der Waals surface area contributed by atoms with E-state index >= 15 is 0 Å². The normalized spacial score (nSPS) is 15.2. The van der Waals surface area contributed by atoms with Crippen molar-refractivity contribution in [2.75, 3.05) is 0 Å². The molecule has 34 heavy (non-hydrogen) atoms. The topological polar surface area (TPSA) is 0 Å². The molecule has 0 amide bonds. The molecule has 0 saturated heterocycles. The van der Waals surface area contributed by atoms with Crippen molar-refractivity contribution in [2.24, 2.45) is 0 Å². The minimum atomic E-state index is -2.06. The molecule has 0 unspecified atom stereocenters. The first-order chi connectivity index (χ1) is 16.5. The maximum Gasteiger partial charge on any atom is 0.115 e. The molecule has 5 rings (SSSR count). The molecule has 4 aromatic rings. The van der Waals surface area contributed by atoms with Crippen molar-refractivity contribution in [1.82, 2.24) is 0 Å². The first kappa shape index (κ1) is 22.4. The number of benzene rings is 4. The van der Waals surface area contributed by atoms with Crippen LogP contribution >= 0.6 is 0 Å². The van der Waals surface area contributed by atoms with Gasteiger partial charge in [-0.2, -0.15) is 0 Å². The highest BCUT2D eigenvalue weighted by Gasteiger charge is 2.43. The molecular formula is C33H32Si. The van der Waals surface area contributed by atoms with Crippen LogP contribution in [-0.4, -0.2) is 8.07 Å². The summed E-state index contributed by atoms with van der Waals surface area (Å²) in [7, 11) is -2.06. The van der Waals surface area contributed by atoms with Crippen LogP contribution in [-0.2, 0) is 6.42 Å². The summed E-state index contributed by atoms with van der Waals surface area (Å²) in [4.78, 5) is 0. The number of hydrogen-bond acceptors (Lipinski definition) is 0. The van der Waals surface area contributed by atoms with Gasteiger partial charge in [0.15, 0.2) is 0 Å². The molecule has 0 saturated carbocycles. The zero-order chi connectivity index (χ0) is 23.7. The Hall–Kier alpha value is -3.42. The quantitative estimate of drug-likeness (QED) is 0.263. The second-order valence-electron chi connectivity index (χ2n) is 9.77. The smallest absolute Gasteiger partial charge is 0.0622 e. The van der Waals surface area contributed by atoms with Crippen LogP contribution in [0.25, 0.3) is 21.5 Å². The van der Waals surface area contributed by atoms with Gasteiger partial charge in [0.05, 0.1) is 0 Å². The second-order valence-corrected chi connectivity index (χ2v) is 14.0. The van der Waals surface area contributed by atoms with Crippen molar-refractivity contribution in [1.29, 1.82) is 0 Å². The van der Waals surface area contributed by atoms with Gasteiger partial charge in [-0.1, -0.05) is 135 Å². The Morgan fingerprint density at radius 1 is 0.500 bits per heavy atom. The monoisotopic (exact) mass is 456 g/mol. The lowest BCUT2D eigenvalue weighted by molar-refractivity contribution is 1.14. The third kappa shape index (κ3) is 3.91. The maximum atomic E-state index is 2.53. The second kappa shape index (κ2) is 9.08. The number of rotatable bonds is 5. The lowest BCUT2D eigenvalue weighted by atomic mass is 9.89. The lowest BCUT2D eigenvalue weighted by Crippen LogP contribution is -2.28. The molecular weight excluding hydrogens is 424 g/mol. The van der Waals surface area contributed by atoms with Gasteiger partial charge in [-0.3, -0.25) is 0 Å². The Bertz CT molecular complexity index is 1350. The molecule has 1 heteroatoms. The molecule has 1 heterocycles. The lowest BCUT2D eigenvalue weighted by Gasteiger charge is -2.26. The van der Waals surface area contributed by atoms with Crippen LogP contribution in [0.5, 0.6) is 0 Å². The van der Waals surface area contributed by atoms with Crippen LogP contribution in [0.2, 0.25) is 13.1 Å². The van der Waals surface area contributed by atoms with E-state index < -0.39 is 8.07 Å². The van der Waals surface area contributed by atoms with Crippen molar-refractivity contribution in [3.8, 4) is 0 Å². The molecule has 0 fully saturated rings. The van der Waals surface area contributed by atoms with E-state index in [4.69, 9.17) is 0 Å². The van der Waals surface area contributed by atoms with E-state index in [0.29, 0.717) is 0 Å². The fraction of sp³-hybridized carbons (Fsp3) is 0.152. The molecule has 0 aliphatic carbocycles. The first-order valence-electron chi connectivity index (χ1n) is 12.3. The van der Waals surface area contributed by atoms with Gasteiger partial charge in [0.25, 0.3) is 0 Å². The van der Waals surface area contributed by atoms with Gasteiger partial charge in [0, 0.05) is 0 Å². The molecule has 1 aliphatic rings. The molecule has 0 spiro atoms. The minimum Gasteiger partial charge on any atom is -0.0622 e. The number of allylic oxidation sites excluding steroid dienone is 2. The number of aryl methyl sites for hydroxylation is 2. The van der Waals surface area contributed by atoms with Crippen molar-refractivity contribution >= 4 is 29.6 Å². The van der Waals surface area contributed by atoms with Crippen LogP contribution in [0.3, 0.4) is 0 Å².